The second kappa shape index (κ2) is 9.56. The Labute approximate surface area is 182 Å². The average molecular weight is 457 g/mol. The van der Waals surface area contributed by atoms with Crippen LogP contribution in [0.25, 0.3) is 0 Å². The smallest absolute Gasteiger partial charge is 0.419 e. The Hall–Kier alpha value is -3.14. The van der Waals surface area contributed by atoms with Gasteiger partial charge < -0.3 is 19.5 Å². The Kier molecular flexibility index (Phi) is 7.50. The molecule has 32 heavy (non-hydrogen) atoms. The second-order valence-corrected chi connectivity index (χ2v) is 8.03. The summed E-state index contributed by atoms with van der Waals surface area (Å²) in [4.78, 5) is 25.3. The van der Waals surface area contributed by atoms with Crippen molar-refractivity contribution in [2.24, 2.45) is 0 Å². The third-order valence-electron chi connectivity index (χ3n) is 4.14. The molecule has 0 aliphatic rings. The van der Waals surface area contributed by atoms with Gasteiger partial charge in [-0.2, -0.15) is 13.2 Å². The fraction of sp³-hybridized carbons (Fsp3) is 0.364. The van der Waals surface area contributed by atoms with E-state index in [0.717, 1.165) is 6.07 Å². The van der Waals surface area contributed by atoms with E-state index in [0.29, 0.717) is 17.7 Å². The standard InChI is InChI=1S/C22H23F4NO5/c1-21(2,3)32-20(30)27(4)12-18(28)13-5-8-15(9-6-13)31-19(29)14-7-10-16(17(23)11-14)22(24,25)26/h5-11,18,28H,12H2,1-4H3. The molecular formula is C22H23F4NO5. The number of aliphatic hydroxyl groups is 1. The molecule has 0 bridgehead atoms. The van der Waals surface area contributed by atoms with Crippen LogP contribution in [0.2, 0.25) is 0 Å². The van der Waals surface area contributed by atoms with Crippen LogP contribution in [0.3, 0.4) is 0 Å². The molecular weight excluding hydrogens is 434 g/mol. The van der Waals surface area contributed by atoms with Gasteiger partial charge in [0, 0.05) is 7.05 Å². The van der Waals surface area contributed by atoms with Gasteiger partial charge in [-0.3, -0.25) is 0 Å². The van der Waals surface area contributed by atoms with Crippen molar-refractivity contribution in [2.75, 3.05) is 13.6 Å². The number of halogens is 4. The van der Waals surface area contributed by atoms with E-state index in [4.69, 9.17) is 9.47 Å². The molecule has 6 nitrogen and oxygen atoms in total. The van der Waals surface area contributed by atoms with Gasteiger partial charge in [0.15, 0.2) is 0 Å². The summed E-state index contributed by atoms with van der Waals surface area (Å²) in [6.45, 7) is 5.09. The maximum absolute atomic E-state index is 13.6. The maximum Gasteiger partial charge on any atom is 0.419 e. The monoisotopic (exact) mass is 457 g/mol. The van der Waals surface area contributed by atoms with Crippen molar-refractivity contribution in [2.45, 2.75) is 38.7 Å². The maximum atomic E-state index is 13.6. The minimum absolute atomic E-state index is 0.0340. The quantitative estimate of drug-likeness (QED) is 0.390. The SMILES string of the molecule is CN(CC(O)c1ccc(OC(=O)c2ccc(C(F)(F)F)c(F)c2)cc1)C(=O)OC(C)(C)C. The number of carbonyl (C=O) groups is 2. The molecule has 0 fully saturated rings. The van der Waals surface area contributed by atoms with Gasteiger partial charge in [0.25, 0.3) is 0 Å². The number of benzene rings is 2. The van der Waals surface area contributed by atoms with E-state index in [9.17, 15) is 32.3 Å². The fourth-order valence-corrected chi connectivity index (χ4v) is 2.58. The number of rotatable bonds is 5. The molecule has 2 rings (SSSR count). The summed E-state index contributed by atoms with van der Waals surface area (Å²) in [7, 11) is 1.47. The van der Waals surface area contributed by atoms with Gasteiger partial charge in [-0.25, -0.2) is 14.0 Å². The molecule has 1 N–H and O–H groups in total. The second-order valence-electron chi connectivity index (χ2n) is 8.03. The number of aliphatic hydroxyl groups excluding tert-OH is 1. The lowest BCUT2D eigenvalue weighted by atomic mass is 10.1. The topological polar surface area (TPSA) is 76.1 Å². The van der Waals surface area contributed by atoms with E-state index in [1.807, 2.05) is 0 Å². The van der Waals surface area contributed by atoms with Gasteiger partial charge >= 0.3 is 18.2 Å². The number of alkyl halides is 3. The number of amides is 1. The minimum atomic E-state index is -4.87. The molecule has 1 atom stereocenters. The van der Waals surface area contributed by atoms with Gasteiger partial charge in [-0.05, 0) is 56.7 Å². The molecule has 1 unspecified atom stereocenters. The van der Waals surface area contributed by atoms with Crippen LogP contribution in [0.4, 0.5) is 22.4 Å². The normalized spacial score (nSPS) is 12.8. The molecule has 174 valence electrons. The van der Waals surface area contributed by atoms with Crippen LogP contribution < -0.4 is 4.74 Å². The van der Waals surface area contributed by atoms with Crippen molar-refractivity contribution in [1.29, 1.82) is 0 Å². The molecule has 0 saturated carbocycles. The number of likely N-dealkylation sites (N-methyl/N-ethyl adjacent to an activating group) is 1. The first-order valence-corrected chi connectivity index (χ1v) is 9.48. The lowest BCUT2D eigenvalue weighted by Gasteiger charge is -2.26. The molecule has 0 aliphatic heterocycles. The third kappa shape index (κ3) is 6.94. The van der Waals surface area contributed by atoms with Crippen LogP contribution in [0.15, 0.2) is 42.5 Å². The van der Waals surface area contributed by atoms with E-state index in [2.05, 4.69) is 0 Å². The van der Waals surface area contributed by atoms with Crippen molar-refractivity contribution < 1.29 is 41.7 Å². The third-order valence-corrected chi connectivity index (χ3v) is 4.14. The summed E-state index contributed by atoms with van der Waals surface area (Å²) in [6.07, 6.45) is -6.53. The van der Waals surface area contributed by atoms with Crippen molar-refractivity contribution in [3.8, 4) is 5.75 Å². The van der Waals surface area contributed by atoms with E-state index in [1.165, 1.54) is 36.2 Å². The number of hydrogen-bond acceptors (Lipinski definition) is 5. The molecule has 0 heterocycles. The highest BCUT2D eigenvalue weighted by Gasteiger charge is 2.34. The minimum Gasteiger partial charge on any atom is -0.444 e. The van der Waals surface area contributed by atoms with Crippen molar-refractivity contribution in [3.63, 3.8) is 0 Å². The first-order chi connectivity index (χ1) is 14.7. The van der Waals surface area contributed by atoms with Crippen LogP contribution in [-0.2, 0) is 10.9 Å². The van der Waals surface area contributed by atoms with Gasteiger partial charge in [-0.15, -0.1) is 0 Å². The summed E-state index contributed by atoms with van der Waals surface area (Å²) >= 11 is 0. The number of carbonyl (C=O) groups excluding carboxylic acids is 2. The van der Waals surface area contributed by atoms with E-state index >= 15 is 0 Å². The van der Waals surface area contributed by atoms with Crippen LogP contribution >= 0.6 is 0 Å². The number of hydrogen-bond donors (Lipinski definition) is 1. The molecule has 10 heteroatoms. The van der Waals surface area contributed by atoms with Gasteiger partial charge in [-0.1, -0.05) is 12.1 Å². The van der Waals surface area contributed by atoms with Crippen LogP contribution in [0.5, 0.6) is 5.75 Å². The van der Waals surface area contributed by atoms with Crippen LogP contribution in [0, 0.1) is 5.82 Å². The Balaban J connectivity index is 2.01. The largest absolute Gasteiger partial charge is 0.444 e. The highest BCUT2D eigenvalue weighted by Crippen LogP contribution is 2.31. The van der Waals surface area contributed by atoms with Gasteiger partial charge in [0.1, 0.15) is 17.2 Å². The van der Waals surface area contributed by atoms with E-state index in [1.54, 1.807) is 20.8 Å². The lowest BCUT2D eigenvalue weighted by molar-refractivity contribution is -0.140. The molecule has 2 aromatic carbocycles. The lowest BCUT2D eigenvalue weighted by Crippen LogP contribution is -2.36. The first-order valence-electron chi connectivity index (χ1n) is 9.48. The Bertz CT molecular complexity index is 968. The molecule has 2 aromatic rings. The molecule has 1 amide bonds. The van der Waals surface area contributed by atoms with Crippen LogP contribution in [0.1, 0.15) is 48.4 Å². The summed E-state index contributed by atoms with van der Waals surface area (Å²) in [5, 5.41) is 10.3. The molecule has 0 aliphatic carbocycles. The van der Waals surface area contributed by atoms with E-state index in [-0.39, 0.29) is 12.3 Å². The summed E-state index contributed by atoms with van der Waals surface area (Å²) in [6, 6.07) is 7.34. The molecule has 0 radical (unpaired) electrons. The fourth-order valence-electron chi connectivity index (χ4n) is 2.58. The molecule has 0 saturated heterocycles. The number of ether oxygens (including phenoxy) is 2. The average Bonchev–Trinajstić information content (AvgIpc) is 2.66. The zero-order valence-corrected chi connectivity index (χ0v) is 17.9. The highest BCUT2D eigenvalue weighted by atomic mass is 19.4. The molecule has 0 aromatic heterocycles. The predicted octanol–water partition coefficient (Wildman–Crippen LogP) is 4.96. The zero-order chi connectivity index (χ0) is 24.3. The summed E-state index contributed by atoms with van der Waals surface area (Å²) in [5.41, 5.74) is -2.14. The Morgan fingerprint density at radius 1 is 1.06 bits per heavy atom. The predicted molar refractivity (Wildman–Crippen MR) is 107 cm³/mol. The number of esters is 1. The molecule has 0 spiro atoms. The van der Waals surface area contributed by atoms with Gasteiger partial charge in [0.2, 0.25) is 0 Å². The van der Waals surface area contributed by atoms with Crippen LogP contribution in [-0.4, -0.2) is 41.3 Å². The summed E-state index contributed by atoms with van der Waals surface area (Å²) < 4.78 is 61.8. The number of nitrogens with zero attached hydrogens (tertiary/aromatic N) is 1. The Morgan fingerprint density at radius 3 is 2.16 bits per heavy atom. The van der Waals surface area contributed by atoms with Crippen molar-refractivity contribution >= 4 is 12.1 Å². The highest BCUT2D eigenvalue weighted by molar-refractivity contribution is 5.91. The summed E-state index contributed by atoms with van der Waals surface area (Å²) in [5.74, 6) is -2.60. The first kappa shape index (κ1) is 25.1. The van der Waals surface area contributed by atoms with Gasteiger partial charge in [0.05, 0.1) is 23.8 Å². The van der Waals surface area contributed by atoms with E-state index < -0.39 is 46.9 Å². The van der Waals surface area contributed by atoms with Crippen molar-refractivity contribution in [1.82, 2.24) is 4.90 Å². The van der Waals surface area contributed by atoms with Crippen molar-refractivity contribution in [3.05, 3.63) is 65.0 Å². The zero-order valence-electron chi connectivity index (χ0n) is 17.9. The Morgan fingerprint density at radius 2 is 1.66 bits per heavy atom.